The van der Waals surface area contributed by atoms with Gasteiger partial charge in [0.25, 0.3) is 0 Å². The number of nitrogens with zero attached hydrogens (tertiary/aromatic N) is 2. The van der Waals surface area contributed by atoms with E-state index in [4.69, 9.17) is 4.74 Å². The van der Waals surface area contributed by atoms with Crippen LogP contribution in [0.4, 0.5) is 0 Å². The van der Waals surface area contributed by atoms with Crippen molar-refractivity contribution >= 4 is 0 Å². The lowest BCUT2D eigenvalue weighted by Crippen LogP contribution is -2.45. The van der Waals surface area contributed by atoms with Gasteiger partial charge in [-0.15, -0.1) is 0 Å². The highest BCUT2D eigenvalue weighted by molar-refractivity contribution is 5.62. The van der Waals surface area contributed by atoms with Gasteiger partial charge in [0.2, 0.25) is 0 Å². The Morgan fingerprint density at radius 2 is 2.09 bits per heavy atom. The number of benzene rings is 1. The third kappa shape index (κ3) is 3.46. The molecule has 0 radical (unpaired) electrons. The minimum Gasteiger partial charge on any atom is -0.378 e. The summed E-state index contributed by atoms with van der Waals surface area (Å²) < 4.78 is 5.92. The maximum absolute atomic E-state index is 5.92. The summed E-state index contributed by atoms with van der Waals surface area (Å²) in [6.45, 7) is 4.34. The lowest BCUT2D eigenvalue weighted by Gasteiger charge is -2.41. The highest BCUT2D eigenvalue weighted by Crippen LogP contribution is 2.29. The number of fused-ring (bicyclic) bond motifs is 1. The topological polar surface area (TPSA) is 25.4 Å². The summed E-state index contributed by atoms with van der Waals surface area (Å²) in [6.07, 6.45) is 8.02. The monoisotopic (exact) mass is 308 g/mol. The van der Waals surface area contributed by atoms with Crippen molar-refractivity contribution in [3.05, 3.63) is 54.4 Å². The molecule has 2 aromatic rings. The Hall–Kier alpha value is -1.71. The molecule has 3 nitrogen and oxygen atoms in total. The average molecular weight is 308 g/mol. The Labute approximate surface area is 138 Å². The summed E-state index contributed by atoms with van der Waals surface area (Å²) in [5.41, 5.74) is 3.83. The Kier molecular flexibility index (Phi) is 4.40. The summed E-state index contributed by atoms with van der Waals surface area (Å²) in [6, 6.07) is 13.0. The molecule has 0 saturated carbocycles. The minimum atomic E-state index is 0.515. The molecule has 3 heterocycles. The summed E-state index contributed by atoms with van der Waals surface area (Å²) in [4.78, 5) is 6.82. The Balaban J connectivity index is 1.45. The van der Waals surface area contributed by atoms with Gasteiger partial charge in [-0.05, 0) is 54.0 Å². The fourth-order valence-corrected chi connectivity index (χ4v) is 3.95. The lowest BCUT2D eigenvalue weighted by atomic mass is 9.88. The fraction of sp³-hybridized carbons (Fsp3) is 0.450. The van der Waals surface area contributed by atoms with Crippen molar-refractivity contribution in [3.8, 4) is 11.1 Å². The second kappa shape index (κ2) is 6.81. The molecule has 0 bridgehead atoms. The van der Waals surface area contributed by atoms with Gasteiger partial charge in [0, 0.05) is 38.6 Å². The molecule has 0 N–H and O–H groups in total. The number of likely N-dealkylation sites (tertiary alicyclic amines) is 1. The van der Waals surface area contributed by atoms with Crippen molar-refractivity contribution < 1.29 is 4.74 Å². The van der Waals surface area contributed by atoms with Crippen LogP contribution in [-0.2, 0) is 11.3 Å². The van der Waals surface area contributed by atoms with Gasteiger partial charge in [-0.25, -0.2) is 0 Å². The van der Waals surface area contributed by atoms with E-state index in [0.717, 1.165) is 25.6 Å². The van der Waals surface area contributed by atoms with E-state index in [2.05, 4.69) is 40.2 Å². The molecular weight excluding hydrogens is 284 g/mol. The molecule has 1 aromatic heterocycles. The van der Waals surface area contributed by atoms with Gasteiger partial charge in [0.1, 0.15) is 0 Å². The first-order valence-corrected chi connectivity index (χ1v) is 8.72. The van der Waals surface area contributed by atoms with Gasteiger partial charge in [0.15, 0.2) is 0 Å². The normalized spacial score (nSPS) is 25.0. The van der Waals surface area contributed by atoms with E-state index in [9.17, 15) is 0 Å². The molecular formula is C20H24N2O. The minimum absolute atomic E-state index is 0.515. The van der Waals surface area contributed by atoms with Crippen LogP contribution in [0.15, 0.2) is 48.8 Å². The number of aromatic nitrogens is 1. The van der Waals surface area contributed by atoms with Crippen molar-refractivity contribution in [1.82, 2.24) is 9.88 Å². The number of hydrogen-bond acceptors (Lipinski definition) is 3. The molecule has 2 atom stereocenters. The van der Waals surface area contributed by atoms with Crippen LogP contribution in [-0.4, -0.2) is 35.7 Å². The molecule has 2 aliphatic rings. The van der Waals surface area contributed by atoms with E-state index in [1.165, 1.54) is 42.5 Å². The SMILES string of the molecule is c1cncc(-c2cccc(CN3CC[C@H]4OCCC[C@H]4C3)c2)c1. The lowest BCUT2D eigenvalue weighted by molar-refractivity contribution is -0.0676. The number of ether oxygens (including phenoxy) is 1. The number of piperidine rings is 1. The zero-order chi connectivity index (χ0) is 15.5. The van der Waals surface area contributed by atoms with Crippen LogP contribution >= 0.6 is 0 Å². The molecule has 2 fully saturated rings. The number of pyridine rings is 1. The van der Waals surface area contributed by atoms with Crippen molar-refractivity contribution in [2.75, 3.05) is 19.7 Å². The van der Waals surface area contributed by atoms with Crippen LogP contribution in [0.1, 0.15) is 24.8 Å². The summed E-state index contributed by atoms with van der Waals surface area (Å²) in [5, 5.41) is 0. The molecule has 3 heteroatoms. The molecule has 2 saturated heterocycles. The second-order valence-corrected chi connectivity index (χ2v) is 6.78. The first-order valence-electron chi connectivity index (χ1n) is 8.72. The summed E-state index contributed by atoms with van der Waals surface area (Å²) in [7, 11) is 0. The zero-order valence-electron chi connectivity index (χ0n) is 13.5. The molecule has 0 spiro atoms. The summed E-state index contributed by atoms with van der Waals surface area (Å²) >= 11 is 0. The molecule has 0 amide bonds. The van der Waals surface area contributed by atoms with Crippen LogP contribution < -0.4 is 0 Å². The largest absolute Gasteiger partial charge is 0.378 e. The Bertz CT molecular complexity index is 643. The highest BCUT2D eigenvalue weighted by Gasteiger charge is 2.31. The van der Waals surface area contributed by atoms with E-state index in [0.29, 0.717) is 6.10 Å². The Morgan fingerprint density at radius 3 is 3.00 bits per heavy atom. The van der Waals surface area contributed by atoms with Crippen LogP contribution in [0.3, 0.4) is 0 Å². The van der Waals surface area contributed by atoms with Crippen molar-refractivity contribution in [2.24, 2.45) is 5.92 Å². The quantitative estimate of drug-likeness (QED) is 0.863. The predicted octanol–water partition coefficient (Wildman–Crippen LogP) is 3.75. The van der Waals surface area contributed by atoms with Crippen LogP contribution in [0, 0.1) is 5.92 Å². The van der Waals surface area contributed by atoms with Gasteiger partial charge in [-0.1, -0.05) is 24.3 Å². The van der Waals surface area contributed by atoms with E-state index < -0.39 is 0 Å². The van der Waals surface area contributed by atoms with Crippen LogP contribution in [0.5, 0.6) is 0 Å². The molecule has 0 aliphatic carbocycles. The smallest absolute Gasteiger partial charge is 0.0627 e. The van der Waals surface area contributed by atoms with E-state index in [-0.39, 0.29) is 0 Å². The Morgan fingerprint density at radius 1 is 1.13 bits per heavy atom. The molecule has 1 aromatic carbocycles. The zero-order valence-corrected chi connectivity index (χ0v) is 13.5. The van der Waals surface area contributed by atoms with Gasteiger partial charge in [-0.2, -0.15) is 0 Å². The third-order valence-electron chi connectivity index (χ3n) is 5.13. The highest BCUT2D eigenvalue weighted by atomic mass is 16.5. The second-order valence-electron chi connectivity index (χ2n) is 6.78. The first kappa shape index (κ1) is 14.9. The average Bonchev–Trinajstić information content (AvgIpc) is 2.63. The number of rotatable bonds is 3. The fourth-order valence-electron chi connectivity index (χ4n) is 3.95. The molecule has 120 valence electrons. The third-order valence-corrected chi connectivity index (χ3v) is 5.13. The van der Waals surface area contributed by atoms with Gasteiger partial charge < -0.3 is 4.74 Å². The first-order chi connectivity index (χ1) is 11.4. The maximum atomic E-state index is 5.92. The van der Waals surface area contributed by atoms with Gasteiger partial charge in [0.05, 0.1) is 6.10 Å². The summed E-state index contributed by atoms with van der Waals surface area (Å²) in [5.74, 6) is 0.735. The molecule has 4 rings (SSSR count). The van der Waals surface area contributed by atoms with E-state index in [1.807, 2.05) is 18.5 Å². The predicted molar refractivity (Wildman–Crippen MR) is 92.0 cm³/mol. The van der Waals surface area contributed by atoms with Crippen LogP contribution in [0.2, 0.25) is 0 Å². The van der Waals surface area contributed by atoms with Gasteiger partial charge >= 0.3 is 0 Å². The number of hydrogen-bond donors (Lipinski definition) is 0. The van der Waals surface area contributed by atoms with E-state index >= 15 is 0 Å². The van der Waals surface area contributed by atoms with E-state index in [1.54, 1.807) is 0 Å². The van der Waals surface area contributed by atoms with Crippen molar-refractivity contribution in [2.45, 2.75) is 31.9 Å². The van der Waals surface area contributed by atoms with Gasteiger partial charge in [-0.3, -0.25) is 9.88 Å². The van der Waals surface area contributed by atoms with Crippen molar-refractivity contribution in [1.29, 1.82) is 0 Å². The van der Waals surface area contributed by atoms with Crippen LogP contribution in [0.25, 0.3) is 11.1 Å². The van der Waals surface area contributed by atoms with Crippen molar-refractivity contribution in [3.63, 3.8) is 0 Å². The molecule has 23 heavy (non-hydrogen) atoms. The molecule has 0 unspecified atom stereocenters. The maximum Gasteiger partial charge on any atom is 0.0627 e. The molecule has 2 aliphatic heterocycles. The standard InChI is InChI=1S/C20H24N2O/c1-4-16(12-17(5-1)18-6-2-9-21-13-18)14-22-10-8-20-19(15-22)7-3-11-23-20/h1-2,4-6,9,12-13,19-20H,3,7-8,10-11,14-15H2/t19-,20+/m0/s1.